The number of rotatable bonds is 1. The van der Waals surface area contributed by atoms with Crippen LogP contribution in [0.4, 0.5) is 13.2 Å². The lowest BCUT2D eigenvalue weighted by Gasteiger charge is -2.13. The summed E-state index contributed by atoms with van der Waals surface area (Å²) in [5, 5.41) is 0. The van der Waals surface area contributed by atoms with Gasteiger partial charge in [0.15, 0.2) is 0 Å². The van der Waals surface area contributed by atoms with Crippen molar-refractivity contribution in [3.05, 3.63) is 45.4 Å². The average Bonchev–Trinajstić information content (AvgIpc) is 2.75. The Hall–Kier alpha value is -0.480. The Balaban J connectivity index is 1.97. The molecule has 0 heterocycles. The van der Waals surface area contributed by atoms with Crippen molar-refractivity contribution in [2.75, 3.05) is 0 Å². The lowest BCUT2D eigenvalue weighted by molar-refractivity contribution is -0.138. The van der Waals surface area contributed by atoms with Gasteiger partial charge < -0.3 is 0 Å². The highest BCUT2D eigenvalue weighted by atomic mass is 79.9. The van der Waals surface area contributed by atoms with E-state index < -0.39 is 16.6 Å². The van der Waals surface area contributed by atoms with Crippen LogP contribution in [0.15, 0.2) is 34.3 Å². The summed E-state index contributed by atoms with van der Waals surface area (Å²) in [4.78, 5) is -0.430. The molecule has 96 valence electrons. The number of halogens is 5. The van der Waals surface area contributed by atoms with Crippen molar-refractivity contribution >= 4 is 27.5 Å². The molecule has 3 atom stereocenters. The van der Waals surface area contributed by atoms with Crippen LogP contribution in [0, 0.1) is 5.92 Å². The van der Waals surface area contributed by atoms with Crippen LogP contribution in [0.1, 0.15) is 24.0 Å². The topological polar surface area (TPSA) is 0 Å². The zero-order valence-electron chi connectivity index (χ0n) is 9.35. The van der Waals surface area contributed by atoms with Crippen LogP contribution in [-0.2, 0) is 6.18 Å². The molecule has 1 saturated carbocycles. The Morgan fingerprint density at radius 1 is 1.28 bits per heavy atom. The van der Waals surface area contributed by atoms with E-state index in [4.69, 9.17) is 11.6 Å². The Bertz CT molecular complexity index is 564. The van der Waals surface area contributed by atoms with E-state index in [2.05, 4.69) is 15.9 Å². The number of alkyl halides is 4. The molecule has 0 aromatic heterocycles. The third kappa shape index (κ3) is 1.58. The molecule has 1 fully saturated rings. The largest absolute Gasteiger partial charge is 0.417 e. The SMILES string of the molecule is CC1=CC2(Cl)C1C2c1ccc(Br)c(C(F)(F)F)c1. The predicted molar refractivity (Wildman–Crippen MR) is 67.7 cm³/mol. The summed E-state index contributed by atoms with van der Waals surface area (Å²) >= 11 is 9.25. The van der Waals surface area contributed by atoms with Gasteiger partial charge in [-0.15, -0.1) is 11.6 Å². The molecular weight excluding hydrogens is 328 g/mol. The lowest BCUT2D eigenvalue weighted by Crippen LogP contribution is -2.10. The standard InChI is InChI=1S/C13H9BrClF3/c1-6-5-12(15)10(6)11(12)7-2-3-9(14)8(4-7)13(16,17)18/h2-5,10-11H,1H3. The van der Waals surface area contributed by atoms with Crippen molar-refractivity contribution in [2.24, 2.45) is 5.92 Å². The Labute approximate surface area is 116 Å². The summed E-state index contributed by atoms with van der Waals surface area (Å²) in [5.41, 5.74) is 1.20. The molecule has 0 N–H and O–H groups in total. The quantitative estimate of drug-likeness (QED) is 0.493. The second-order valence-electron chi connectivity index (χ2n) is 4.91. The smallest absolute Gasteiger partial charge is 0.166 e. The summed E-state index contributed by atoms with van der Waals surface area (Å²) in [7, 11) is 0. The molecule has 2 aliphatic rings. The maximum Gasteiger partial charge on any atom is 0.417 e. The minimum absolute atomic E-state index is 0.00614. The van der Waals surface area contributed by atoms with Crippen molar-refractivity contribution in [1.82, 2.24) is 0 Å². The van der Waals surface area contributed by atoms with E-state index in [1.54, 1.807) is 6.07 Å². The number of allylic oxidation sites excluding steroid dienone is 2. The van der Waals surface area contributed by atoms with Crippen molar-refractivity contribution < 1.29 is 13.2 Å². The van der Waals surface area contributed by atoms with Crippen molar-refractivity contribution in [3.8, 4) is 0 Å². The molecule has 0 bridgehead atoms. The van der Waals surface area contributed by atoms with Gasteiger partial charge in [0.25, 0.3) is 0 Å². The van der Waals surface area contributed by atoms with Gasteiger partial charge in [0.2, 0.25) is 0 Å². The van der Waals surface area contributed by atoms with Crippen LogP contribution in [0.2, 0.25) is 0 Å². The molecule has 0 radical (unpaired) electrons. The van der Waals surface area contributed by atoms with Gasteiger partial charge in [-0.25, -0.2) is 0 Å². The van der Waals surface area contributed by atoms with E-state index in [9.17, 15) is 13.2 Å². The summed E-state index contributed by atoms with van der Waals surface area (Å²) < 4.78 is 38.5. The van der Waals surface area contributed by atoms with E-state index in [0.29, 0.717) is 5.56 Å². The fraction of sp³-hybridized carbons (Fsp3) is 0.385. The van der Waals surface area contributed by atoms with Crippen LogP contribution in [-0.4, -0.2) is 4.87 Å². The van der Waals surface area contributed by atoms with Gasteiger partial charge in [-0.3, -0.25) is 0 Å². The Morgan fingerprint density at radius 2 is 1.94 bits per heavy atom. The van der Waals surface area contributed by atoms with Gasteiger partial charge in [0.05, 0.1) is 10.4 Å². The van der Waals surface area contributed by atoms with Crippen molar-refractivity contribution in [2.45, 2.75) is 23.9 Å². The summed E-state index contributed by atoms with van der Waals surface area (Å²) in [6.07, 6.45) is -2.40. The molecule has 0 saturated heterocycles. The van der Waals surface area contributed by atoms with Crippen LogP contribution >= 0.6 is 27.5 Å². The average molecular weight is 338 g/mol. The van der Waals surface area contributed by atoms with Gasteiger partial charge in [-0.05, 0) is 24.6 Å². The monoisotopic (exact) mass is 336 g/mol. The summed E-state index contributed by atoms with van der Waals surface area (Å²) in [6.45, 7) is 1.97. The van der Waals surface area contributed by atoms with Gasteiger partial charge >= 0.3 is 6.18 Å². The van der Waals surface area contributed by atoms with E-state index >= 15 is 0 Å². The zero-order chi connectivity index (χ0) is 13.3. The number of hydrogen-bond acceptors (Lipinski definition) is 0. The lowest BCUT2D eigenvalue weighted by atomic mass is 10.0. The first-order valence-corrected chi connectivity index (χ1v) is 6.67. The number of benzene rings is 1. The molecule has 2 aliphatic carbocycles. The minimum Gasteiger partial charge on any atom is -0.166 e. The van der Waals surface area contributed by atoms with Gasteiger partial charge in [0, 0.05) is 16.3 Å². The highest BCUT2D eigenvalue weighted by Crippen LogP contribution is 2.72. The Morgan fingerprint density at radius 3 is 2.39 bits per heavy atom. The maximum atomic E-state index is 12.8. The molecule has 1 aromatic rings. The minimum atomic E-state index is -4.34. The molecule has 3 rings (SSSR count). The summed E-state index contributed by atoms with van der Waals surface area (Å²) in [6, 6.07) is 4.37. The van der Waals surface area contributed by atoms with Gasteiger partial charge in [-0.2, -0.15) is 13.2 Å². The predicted octanol–water partition coefficient (Wildman–Crippen LogP) is 5.12. The molecular formula is C13H9BrClF3. The van der Waals surface area contributed by atoms with Crippen LogP contribution in [0.3, 0.4) is 0 Å². The van der Waals surface area contributed by atoms with Crippen LogP contribution in [0.25, 0.3) is 0 Å². The fourth-order valence-electron chi connectivity index (χ4n) is 2.91. The van der Waals surface area contributed by atoms with Crippen molar-refractivity contribution in [1.29, 1.82) is 0 Å². The molecule has 3 unspecified atom stereocenters. The molecule has 0 nitrogen and oxygen atoms in total. The van der Waals surface area contributed by atoms with Crippen LogP contribution in [0.5, 0.6) is 0 Å². The zero-order valence-corrected chi connectivity index (χ0v) is 11.7. The fourth-order valence-corrected chi connectivity index (χ4v) is 4.04. The second-order valence-corrected chi connectivity index (χ2v) is 6.42. The molecule has 1 aromatic carbocycles. The molecule has 0 spiro atoms. The number of hydrogen-bond donors (Lipinski definition) is 0. The van der Waals surface area contributed by atoms with Crippen LogP contribution < -0.4 is 0 Å². The first kappa shape index (κ1) is 12.5. The third-order valence-electron chi connectivity index (χ3n) is 3.77. The Kier molecular flexibility index (Phi) is 2.47. The molecule has 0 amide bonds. The third-order valence-corrected chi connectivity index (χ3v) is 5.04. The highest BCUT2D eigenvalue weighted by Gasteiger charge is 2.69. The summed E-state index contributed by atoms with van der Waals surface area (Å²) in [5.74, 6) is 0.204. The van der Waals surface area contributed by atoms with E-state index in [1.165, 1.54) is 17.7 Å². The molecule has 0 aliphatic heterocycles. The second kappa shape index (κ2) is 3.54. The maximum absolute atomic E-state index is 12.8. The van der Waals surface area contributed by atoms with Gasteiger partial charge in [-0.1, -0.05) is 33.6 Å². The van der Waals surface area contributed by atoms with E-state index in [1.807, 2.05) is 13.0 Å². The van der Waals surface area contributed by atoms with E-state index in [-0.39, 0.29) is 16.3 Å². The normalized spacial score (nSPS) is 33.6. The first-order chi connectivity index (χ1) is 8.25. The molecule has 18 heavy (non-hydrogen) atoms. The van der Waals surface area contributed by atoms with Gasteiger partial charge in [0.1, 0.15) is 0 Å². The highest BCUT2D eigenvalue weighted by molar-refractivity contribution is 9.10. The van der Waals surface area contributed by atoms with E-state index in [0.717, 1.165) is 0 Å². The molecule has 5 heteroatoms. The first-order valence-electron chi connectivity index (χ1n) is 5.50. The van der Waals surface area contributed by atoms with Crippen molar-refractivity contribution in [3.63, 3.8) is 0 Å². The number of fused-ring (bicyclic) bond motifs is 1.